The first kappa shape index (κ1) is 14.0. The molecule has 0 aromatic carbocycles. The number of hydrogen-bond donors (Lipinski definition) is 1. The highest BCUT2D eigenvalue weighted by Crippen LogP contribution is 2.30. The van der Waals surface area contributed by atoms with Gasteiger partial charge in [-0.25, -0.2) is 4.98 Å². The van der Waals surface area contributed by atoms with Crippen molar-refractivity contribution in [1.29, 1.82) is 0 Å². The van der Waals surface area contributed by atoms with E-state index in [2.05, 4.69) is 15.3 Å². The predicted octanol–water partition coefficient (Wildman–Crippen LogP) is 2.16. The van der Waals surface area contributed by atoms with Gasteiger partial charge in [0.2, 0.25) is 5.56 Å². The van der Waals surface area contributed by atoms with E-state index in [0.717, 1.165) is 31.6 Å². The molecular formula is C15H17N3O2S. The number of aryl methyl sites for hydroxylation is 1. The maximum absolute atomic E-state index is 12.3. The summed E-state index contributed by atoms with van der Waals surface area (Å²) in [6, 6.07) is 2.97. The van der Waals surface area contributed by atoms with Crippen LogP contribution >= 0.6 is 11.3 Å². The van der Waals surface area contributed by atoms with Gasteiger partial charge in [0.1, 0.15) is 0 Å². The molecule has 5 nitrogen and oxygen atoms in total. The lowest BCUT2D eigenvalue weighted by atomic mass is 9.97. The number of carbonyl (C=O) groups excluding carboxylic acids is 1. The molecule has 0 unspecified atom stereocenters. The number of carbonyl (C=O) groups is 1. The number of rotatable bonds is 2. The lowest BCUT2D eigenvalue weighted by Gasteiger charge is -2.31. The van der Waals surface area contributed by atoms with Crippen LogP contribution in [-0.2, 0) is 0 Å². The molecule has 6 heteroatoms. The van der Waals surface area contributed by atoms with Crippen LogP contribution in [0.3, 0.4) is 0 Å². The Bertz CT molecular complexity index is 678. The van der Waals surface area contributed by atoms with E-state index >= 15 is 0 Å². The van der Waals surface area contributed by atoms with Crippen molar-refractivity contribution in [1.82, 2.24) is 14.9 Å². The highest BCUT2D eigenvalue weighted by Gasteiger charge is 2.26. The number of likely N-dealkylation sites (tertiary alicyclic amines) is 1. The third kappa shape index (κ3) is 3.05. The minimum Gasteiger partial charge on any atom is -0.339 e. The van der Waals surface area contributed by atoms with Gasteiger partial charge >= 0.3 is 0 Å². The second kappa shape index (κ2) is 5.81. The SMILES string of the molecule is Cc1csc(C2CCN(C(=O)c3ccc(=O)[nH]c3)CC2)n1. The zero-order valence-corrected chi connectivity index (χ0v) is 12.7. The van der Waals surface area contributed by atoms with Gasteiger partial charge in [-0.3, -0.25) is 9.59 Å². The monoisotopic (exact) mass is 303 g/mol. The molecule has 3 rings (SSSR count). The smallest absolute Gasteiger partial charge is 0.255 e. The van der Waals surface area contributed by atoms with Crippen LogP contribution in [0.2, 0.25) is 0 Å². The van der Waals surface area contributed by atoms with Gasteiger partial charge in [-0.05, 0) is 25.8 Å². The van der Waals surface area contributed by atoms with Crippen molar-refractivity contribution in [3.8, 4) is 0 Å². The Hall–Kier alpha value is -1.95. The summed E-state index contributed by atoms with van der Waals surface area (Å²) in [7, 11) is 0. The summed E-state index contributed by atoms with van der Waals surface area (Å²) in [5, 5.41) is 3.26. The van der Waals surface area contributed by atoms with E-state index < -0.39 is 0 Å². The summed E-state index contributed by atoms with van der Waals surface area (Å²) < 4.78 is 0. The first-order valence-corrected chi connectivity index (χ1v) is 7.91. The number of thiazole rings is 1. The molecule has 1 amide bonds. The first-order chi connectivity index (χ1) is 10.1. The predicted molar refractivity (Wildman–Crippen MR) is 81.8 cm³/mol. The van der Waals surface area contributed by atoms with E-state index in [9.17, 15) is 9.59 Å². The molecule has 0 saturated carbocycles. The van der Waals surface area contributed by atoms with Crippen LogP contribution in [0.4, 0.5) is 0 Å². The number of piperidine rings is 1. The third-order valence-corrected chi connectivity index (χ3v) is 4.92. The van der Waals surface area contributed by atoms with Gasteiger partial charge in [-0.15, -0.1) is 11.3 Å². The minimum absolute atomic E-state index is 0.0139. The van der Waals surface area contributed by atoms with E-state index in [1.807, 2.05) is 11.8 Å². The summed E-state index contributed by atoms with van der Waals surface area (Å²) in [4.78, 5) is 32.3. The average molecular weight is 303 g/mol. The van der Waals surface area contributed by atoms with Gasteiger partial charge in [0.15, 0.2) is 0 Å². The summed E-state index contributed by atoms with van der Waals surface area (Å²) >= 11 is 1.71. The Morgan fingerprint density at radius 3 is 2.71 bits per heavy atom. The van der Waals surface area contributed by atoms with E-state index in [4.69, 9.17) is 0 Å². The zero-order chi connectivity index (χ0) is 14.8. The number of amides is 1. The Morgan fingerprint density at radius 2 is 2.14 bits per heavy atom. The number of nitrogens with one attached hydrogen (secondary N) is 1. The minimum atomic E-state index is -0.190. The number of aromatic amines is 1. The fraction of sp³-hybridized carbons (Fsp3) is 0.400. The second-order valence-corrected chi connectivity index (χ2v) is 6.22. The van der Waals surface area contributed by atoms with Crippen molar-refractivity contribution in [2.45, 2.75) is 25.7 Å². The molecule has 0 radical (unpaired) electrons. The molecular weight excluding hydrogens is 286 g/mol. The Labute approximate surface area is 126 Å². The summed E-state index contributed by atoms with van der Waals surface area (Å²) in [6.45, 7) is 3.48. The highest BCUT2D eigenvalue weighted by molar-refractivity contribution is 7.09. The van der Waals surface area contributed by atoms with Crippen molar-refractivity contribution >= 4 is 17.2 Å². The fourth-order valence-electron chi connectivity index (χ4n) is 2.62. The molecule has 1 aliphatic rings. The molecule has 0 spiro atoms. The lowest BCUT2D eigenvalue weighted by Crippen LogP contribution is -2.38. The van der Waals surface area contributed by atoms with E-state index in [-0.39, 0.29) is 11.5 Å². The van der Waals surface area contributed by atoms with Gasteiger partial charge < -0.3 is 9.88 Å². The molecule has 1 aliphatic heterocycles. The van der Waals surface area contributed by atoms with Crippen molar-refractivity contribution in [2.24, 2.45) is 0 Å². The van der Waals surface area contributed by atoms with Gasteiger partial charge in [-0.2, -0.15) is 0 Å². The summed E-state index contributed by atoms with van der Waals surface area (Å²) in [6.07, 6.45) is 3.38. The fourth-order valence-corrected chi connectivity index (χ4v) is 3.58. The highest BCUT2D eigenvalue weighted by atomic mass is 32.1. The van der Waals surface area contributed by atoms with Gasteiger partial charge in [0.25, 0.3) is 5.91 Å². The van der Waals surface area contributed by atoms with Gasteiger partial charge in [-0.1, -0.05) is 0 Å². The van der Waals surface area contributed by atoms with Gasteiger partial charge in [0.05, 0.1) is 10.6 Å². The van der Waals surface area contributed by atoms with Crippen molar-refractivity contribution in [3.63, 3.8) is 0 Å². The Kier molecular flexibility index (Phi) is 3.88. The van der Waals surface area contributed by atoms with Crippen molar-refractivity contribution in [3.05, 3.63) is 50.3 Å². The maximum Gasteiger partial charge on any atom is 0.255 e. The number of pyridine rings is 1. The molecule has 1 saturated heterocycles. The quantitative estimate of drug-likeness (QED) is 0.924. The molecule has 21 heavy (non-hydrogen) atoms. The molecule has 2 aromatic rings. The Morgan fingerprint density at radius 1 is 1.38 bits per heavy atom. The molecule has 1 N–H and O–H groups in total. The third-order valence-electron chi connectivity index (χ3n) is 3.80. The largest absolute Gasteiger partial charge is 0.339 e. The molecule has 0 atom stereocenters. The average Bonchev–Trinajstić information content (AvgIpc) is 2.94. The van der Waals surface area contributed by atoms with Crippen LogP contribution in [0.25, 0.3) is 0 Å². The molecule has 3 heterocycles. The molecule has 110 valence electrons. The van der Waals surface area contributed by atoms with E-state index in [0.29, 0.717) is 11.5 Å². The standard InChI is InChI=1S/C15H17N3O2S/c1-10-9-21-14(17-10)11-4-6-18(7-5-11)15(20)12-2-3-13(19)16-8-12/h2-3,8-9,11H,4-7H2,1H3,(H,16,19). The van der Waals surface area contributed by atoms with Crippen LogP contribution in [0.1, 0.15) is 39.8 Å². The zero-order valence-electron chi connectivity index (χ0n) is 11.8. The molecule has 0 bridgehead atoms. The van der Waals surface area contributed by atoms with Crippen LogP contribution in [-0.4, -0.2) is 33.9 Å². The number of nitrogens with zero attached hydrogens (tertiary/aromatic N) is 2. The van der Waals surface area contributed by atoms with Gasteiger partial charge in [0, 0.05) is 42.3 Å². The van der Waals surface area contributed by atoms with Crippen molar-refractivity contribution < 1.29 is 4.79 Å². The van der Waals surface area contributed by atoms with Crippen LogP contribution in [0.5, 0.6) is 0 Å². The van der Waals surface area contributed by atoms with Crippen LogP contribution in [0.15, 0.2) is 28.5 Å². The van der Waals surface area contributed by atoms with Crippen LogP contribution < -0.4 is 5.56 Å². The first-order valence-electron chi connectivity index (χ1n) is 7.03. The van der Waals surface area contributed by atoms with Crippen molar-refractivity contribution in [2.75, 3.05) is 13.1 Å². The summed E-state index contributed by atoms with van der Waals surface area (Å²) in [5.74, 6) is 0.448. The molecule has 2 aromatic heterocycles. The number of H-pyrrole nitrogens is 1. The topological polar surface area (TPSA) is 66.1 Å². The van der Waals surface area contributed by atoms with E-state index in [1.54, 1.807) is 17.4 Å². The molecule has 1 fully saturated rings. The van der Waals surface area contributed by atoms with Crippen LogP contribution in [0, 0.1) is 6.92 Å². The number of hydrogen-bond acceptors (Lipinski definition) is 4. The number of aromatic nitrogens is 2. The second-order valence-electron chi connectivity index (χ2n) is 5.34. The maximum atomic E-state index is 12.3. The lowest BCUT2D eigenvalue weighted by molar-refractivity contribution is 0.0712. The molecule has 0 aliphatic carbocycles. The Balaban J connectivity index is 1.64. The summed E-state index contributed by atoms with van der Waals surface area (Å²) in [5.41, 5.74) is 1.42. The normalized spacial score (nSPS) is 16.1. The van der Waals surface area contributed by atoms with E-state index in [1.165, 1.54) is 17.3 Å².